The van der Waals surface area contributed by atoms with Crippen molar-refractivity contribution in [3.05, 3.63) is 12.2 Å². The zero-order chi connectivity index (χ0) is 44.0. The number of rotatable bonds is 48. The summed E-state index contributed by atoms with van der Waals surface area (Å²) in [5, 5.41) is 19.2. The number of carbonyl (C=O) groups excluding carboxylic acids is 2. The zero-order valence-corrected chi connectivity index (χ0v) is 39.8. The van der Waals surface area contributed by atoms with Crippen molar-refractivity contribution in [2.45, 2.75) is 264 Å². The molecule has 0 aromatic rings. The first-order chi connectivity index (χ1) is 29.3. The molecule has 0 aliphatic carbocycles. The van der Waals surface area contributed by atoms with Gasteiger partial charge >= 0.3 is 19.8 Å². The fourth-order valence-electron chi connectivity index (χ4n) is 7.35. The Morgan fingerprint density at radius 3 is 0.950 bits per heavy atom. The predicted octanol–water partition coefficient (Wildman–Crippen LogP) is 14.0. The Morgan fingerprint density at radius 1 is 0.433 bits per heavy atom. The van der Waals surface area contributed by atoms with E-state index in [0.717, 1.165) is 38.5 Å². The molecule has 0 amide bonds. The Kier molecular flexibility index (Phi) is 44.7. The highest BCUT2D eigenvalue weighted by molar-refractivity contribution is 7.47. The third kappa shape index (κ3) is 43.4. The van der Waals surface area contributed by atoms with Crippen LogP contribution in [-0.4, -0.2) is 65.7 Å². The van der Waals surface area contributed by atoms with Gasteiger partial charge < -0.3 is 24.6 Å². The number of hydrogen-bond donors (Lipinski definition) is 3. The molecule has 10 nitrogen and oxygen atoms in total. The van der Waals surface area contributed by atoms with E-state index >= 15 is 0 Å². The van der Waals surface area contributed by atoms with Crippen LogP contribution in [0.3, 0.4) is 0 Å². The number of unbranched alkanes of at least 4 members (excludes halogenated alkanes) is 32. The van der Waals surface area contributed by atoms with Crippen molar-refractivity contribution < 1.29 is 47.8 Å². The van der Waals surface area contributed by atoms with Crippen LogP contribution in [0.1, 0.15) is 251 Å². The van der Waals surface area contributed by atoms with Crippen LogP contribution in [-0.2, 0) is 32.7 Å². The number of phosphoric acid groups is 1. The van der Waals surface area contributed by atoms with Gasteiger partial charge in [0.15, 0.2) is 0 Å². The summed E-state index contributed by atoms with van der Waals surface area (Å²) >= 11 is 0. The minimum atomic E-state index is -4.64. The van der Waals surface area contributed by atoms with E-state index in [4.69, 9.17) is 18.5 Å². The Balaban J connectivity index is 3.82. The van der Waals surface area contributed by atoms with Gasteiger partial charge in [-0.05, 0) is 38.5 Å². The van der Waals surface area contributed by atoms with Crippen LogP contribution < -0.4 is 0 Å². The van der Waals surface area contributed by atoms with E-state index < -0.39 is 58.4 Å². The average molecular weight is 875 g/mol. The van der Waals surface area contributed by atoms with E-state index in [1.807, 2.05) is 0 Å². The maximum absolute atomic E-state index is 12.4. The minimum absolute atomic E-state index is 0.194. The van der Waals surface area contributed by atoms with Gasteiger partial charge in [-0.1, -0.05) is 212 Å². The van der Waals surface area contributed by atoms with Gasteiger partial charge in [0.05, 0.1) is 26.4 Å². The summed E-state index contributed by atoms with van der Waals surface area (Å²) in [6.45, 7) is 2.26. The van der Waals surface area contributed by atoms with Crippen molar-refractivity contribution >= 4 is 19.8 Å². The molecule has 11 heteroatoms. The molecule has 60 heavy (non-hydrogen) atoms. The largest absolute Gasteiger partial charge is 0.472 e. The van der Waals surface area contributed by atoms with E-state index in [0.29, 0.717) is 12.8 Å². The van der Waals surface area contributed by atoms with Crippen LogP contribution in [0.25, 0.3) is 0 Å². The summed E-state index contributed by atoms with van der Waals surface area (Å²) in [6, 6.07) is 0. The quantitative estimate of drug-likeness (QED) is 0.0233. The average Bonchev–Trinajstić information content (AvgIpc) is 3.24. The van der Waals surface area contributed by atoms with Gasteiger partial charge in [0.2, 0.25) is 0 Å². The topological polar surface area (TPSA) is 149 Å². The molecule has 0 saturated heterocycles. The number of carbonyl (C=O) groups is 2. The molecule has 0 fully saturated rings. The molecule has 0 spiro atoms. The van der Waals surface area contributed by atoms with Gasteiger partial charge in [-0.25, -0.2) is 4.57 Å². The van der Waals surface area contributed by atoms with Gasteiger partial charge in [-0.2, -0.15) is 0 Å². The molecular weight excluding hydrogens is 780 g/mol. The highest BCUT2D eigenvalue weighted by Gasteiger charge is 2.27. The van der Waals surface area contributed by atoms with Gasteiger partial charge in [0.25, 0.3) is 0 Å². The van der Waals surface area contributed by atoms with Crippen molar-refractivity contribution in [3.8, 4) is 0 Å². The highest BCUT2D eigenvalue weighted by Crippen LogP contribution is 2.43. The van der Waals surface area contributed by atoms with Crippen molar-refractivity contribution in [1.82, 2.24) is 0 Å². The van der Waals surface area contributed by atoms with E-state index in [2.05, 4.69) is 26.0 Å². The van der Waals surface area contributed by atoms with E-state index in [9.17, 15) is 29.3 Å². The number of aliphatic hydroxyl groups excluding tert-OH is 2. The first-order valence-electron chi connectivity index (χ1n) is 25.1. The molecule has 0 rings (SSSR count). The Labute approximate surface area is 368 Å². The van der Waals surface area contributed by atoms with Gasteiger partial charge in [-0.3, -0.25) is 18.6 Å². The molecular formula is C49H95O10P. The fraction of sp³-hybridized carbons (Fsp3) is 0.918. The fourth-order valence-corrected chi connectivity index (χ4v) is 8.13. The van der Waals surface area contributed by atoms with Crippen LogP contribution in [0.4, 0.5) is 0 Å². The standard InChI is InChI=1S/C49H95O10P/c1-3-5-7-9-11-13-15-17-19-21-23-25-27-29-31-33-35-37-39-41-49(53)59-47(43-51)45-57-60(54,55)56-44-46(42-50)58-48(52)40-38-36-34-32-30-28-26-24-22-20-18-16-14-12-10-8-6-4-2/h17,19,46-47,50-51H,3-16,18,20-45H2,1-2H3,(H,54,55)/b19-17-. The molecule has 0 bridgehead atoms. The normalized spacial score (nSPS) is 13.8. The summed E-state index contributed by atoms with van der Waals surface area (Å²) in [5.74, 6) is -1.01. The molecule has 0 aromatic heterocycles. The third-order valence-corrected chi connectivity index (χ3v) is 12.2. The number of esters is 2. The molecule has 0 aliphatic heterocycles. The molecule has 0 radical (unpaired) electrons. The van der Waals surface area contributed by atoms with E-state index in [-0.39, 0.29) is 12.8 Å². The number of phosphoric ester groups is 1. The maximum atomic E-state index is 12.4. The van der Waals surface area contributed by atoms with E-state index in [1.165, 1.54) is 173 Å². The van der Waals surface area contributed by atoms with Crippen molar-refractivity contribution in [2.75, 3.05) is 26.4 Å². The molecule has 0 aromatic carbocycles. The monoisotopic (exact) mass is 875 g/mol. The lowest BCUT2D eigenvalue weighted by molar-refractivity contribution is -0.153. The lowest BCUT2D eigenvalue weighted by Crippen LogP contribution is -2.28. The van der Waals surface area contributed by atoms with Gasteiger partial charge in [-0.15, -0.1) is 0 Å². The van der Waals surface area contributed by atoms with Crippen molar-refractivity contribution in [3.63, 3.8) is 0 Å². The summed E-state index contributed by atoms with van der Waals surface area (Å²) in [7, 11) is -4.64. The summed E-state index contributed by atoms with van der Waals surface area (Å²) in [6.07, 6.45) is 46.1. The highest BCUT2D eigenvalue weighted by atomic mass is 31.2. The number of allylic oxidation sites excluding steroid dienone is 2. The van der Waals surface area contributed by atoms with Gasteiger partial charge in [0.1, 0.15) is 12.2 Å². The van der Waals surface area contributed by atoms with Crippen LogP contribution in [0.2, 0.25) is 0 Å². The third-order valence-electron chi connectivity index (χ3n) is 11.2. The number of aliphatic hydroxyl groups is 2. The molecule has 0 heterocycles. The van der Waals surface area contributed by atoms with Crippen LogP contribution in [0, 0.1) is 0 Å². The number of hydrogen-bond acceptors (Lipinski definition) is 9. The van der Waals surface area contributed by atoms with Gasteiger partial charge in [0, 0.05) is 12.8 Å². The Bertz CT molecular complexity index is 1010. The first kappa shape index (κ1) is 58.7. The number of ether oxygens (including phenoxy) is 2. The Morgan fingerprint density at radius 2 is 0.683 bits per heavy atom. The molecule has 0 aliphatic rings. The smallest absolute Gasteiger partial charge is 0.457 e. The van der Waals surface area contributed by atoms with Crippen molar-refractivity contribution in [2.24, 2.45) is 0 Å². The summed E-state index contributed by atoms with van der Waals surface area (Å²) in [5.41, 5.74) is 0. The summed E-state index contributed by atoms with van der Waals surface area (Å²) in [4.78, 5) is 34.7. The second-order valence-corrected chi connectivity index (χ2v) is 18.6. The second-order valence-electron chi connectivity index (χ2n) is 17.2. The lowest BCUT2D eigenvalue weighted by Gasteiger charge is -2.20. The second kappa shape index (κ2) is 45.7. The molecule has 3 N–H and O–H groups in total. The lowest BCUT2D eigenvalue weighted by atomic mass is 10.0. The van der Waals surface area contributed by atoms with Crippen LogP contribution in [0.15, 0.2) is 12.2 Å². The molecule has 3 unspecified atom stereocenters. The molecule has 3 atom stereocenters. The first-order valence-corrected chi connectivity index (χ1v) is 26.6. The maximum Gasteiger partial charge on any atom is 0.472 e. The minimum Gasteiger partial charge on any atom is -0.457 e. The Hall–Kier alpha value is -1.29. The van der Waals surface area contributed by atoms with Crippen molar-refractivity contribution in [1.29, 1.82) is 0 Å². The SMILES string of the molecule is CCCCCCCC/C=C\CCCCCCCCCCCC(=O)OC(CO)COP(=O)(O)OCC(CO)OC(=O)CCCCCCCCCCCCCCCCCCCC. The molecule has 0 saturated carbocycles. The van der Waals surface area contributed by atoms with E-state index in [1.54, 1.807) is 0 Å². The van der Waals surface area contributed by atoms with Crippen LogP contribution in [0.5, 0.6) is 0 Å². The molecule has 356 valence electrons. The predicted molar refractivity (Wildman–Crippen MR) is 247 cm³/mol. The zero-order valence-electron chi connectivity index (χ0n) is 38.9. The van der Waals surface area contributed by atoms with Crippen LogP contribution >= 0.6 is 7.82 Å². The summed E-state index contributed by atoms with van der Waals surface area (Å²) < 4.78 is 32.7.